The van der Waals surface area contributed by atoms with Crippen molar-refractivity contribution in [2.75, 3.05) is 6.26 Å². The van der Waals surface area contributed by atoms with Crippen molar-refractivity contribution in [3.63, 3.8) is 0 Å². The quantitative estimate of drug-likeness (QED) is 0.691. The van der Waals surface area contributed by atoms with Crippen LogP contribution in [0.5, 0.6) is 5.75 Å². The molecule has 0 fully saturated rings. The molecule has 0 radical (unpaired) electrons. The van der Waals surface area contributed by atoms with Gasteiger partial charge in [-0.05, 0) is 12.5 Å². The zero-order valence-electron chi connectivity index (χ0n) is 14.8. The monoisotopic (exact) mass is 405 g/mol. The molecular weight excluding hydrogens is 387 g/mol. The molecule has 0 bridgehead atoms. The van der Waals surface area contributed by atoms with Gasteiger partial charge < -0.3 is 9.30 Å². The summed E-state index contributed by atoms with van der Waals surface area (Å²) < 4.78 is 74.1. The third kappa shape index (κ3) is 5.33. The predicted octanol–water partition coefficient (Wildman–Crippen LogP) is 2.85. The summed E-state index contributed by atoms with van der Waals surface area (Å²) in [4.78, 5) is 12.3. The fourth-order valence-corrected chi connectivity index (χ4v) is 2.97. The lowest BCUT2D eigenvalue weighted by atomic mass is 10.1. The minimum atomic E-state index is -5.09. The number of rotatable bonds is 6. The van der Waals surface area contributed by atoms with E-state index in [4.69, 9.17) is 4.74 Å². The van der Waals surface area contributed by atoms with Crippen LogP contribution in [0, 0.1) is 6.92 Å². The summed E-state index contributed by atoms with van der Waals surface area (Å²) in [7, 11) is -3.20. The normalized spacial score (nSPS) is 13.4. The molecule has 2 aromatic rings. The SMILES string of the molecule is Cc1cc(=O)c(OCc2ccccc2)c(C(OS(C)(=O)=O)C(F)(F)F)n1C. The van der Waals surface area contributed by atoms with Gasteiger partial charge >= 0.3 is 6.18 Å². The molecule has 0 amide bonds. The van der Waals surface area contributed by atoms with Crippen LogP contribution in [0.4, 0.5) is 13.2 Å². The highest BCUT2D eigenvalue weighted by atomic mass is 32.2. The number of hydrogen-bond acceptors (Lipinski definition) is 5. The summed E-state index contributed by atoms with van der Waals surface area (Å²) >= 11 is 0. The van der Waals surface area contributed by atoms with Gasteiger partial charge in [0.05, 0.1) is 6.26 Å². The number of hydrogen-bond donors (Lipinski definition) is 0. The van der Waals surface area contributed by atoms with E-state index < -0.39 is 39.3 Å². The van der Waals surface area contributed by atoms with E-state index in [1.807, 2.05) is 0 Å². The maximum Gasteiger partial charge on any atom is 0.421 e. The average Bonchev–Trinajstić information content (AvgIpc) is 2.54. The Morgan fingerprint density at radius 2 is 1.78 bits per heavy atom. The van der Waals surface area contributed by atoms with Gasteiger partial charge in [0.1, 0.15) is 12.3 Å². The van der Waals surface area contributed by atoms with Crippen molar-refractivity contribution in [3.05, 3.63) is 63.6 Å². The van der Waals surface area contributed by atoms with Gasteiger partial charge in [0.25, 0.3) is 10.1 Å². The largest absolute Gasteiger partial charge is 0.483 e. The van der Waals surface area contributed by atoms with Gasteiger partial charge in [-0.15, -0.1) is 0 Å². The molecule has 10 heteroatoms. The molecule has 1 atom stereocenters. The topological polar surface area (TPSA) is 74.6 Å². The highest BCUT2D eigenvalue weighted by molar-refractivity contribution is 7.86. The molecule has 0 aliphatic heterocycles. The first-order valence-corrected chi connectivity index (χ1v) is 9.54. The van der Waals surface area contributed by atoms with Crippen LogP contribution in [0.1, 0.15) is 23.1 Å². The second-order valence-corrected chi connectivity index (χ2v) is 7.52. The van der Waals surface area contributed by atoms with E-state index in [1.54, 1.807) is 30.3 Å². The Morgan fingerprint density at radius 3 is 2.30 bits per heavy atom. The number of halogens is 3. The average molecular weight is 405 g/mol. The van der Waals surface area contributed by atoms with Crippen molar-refractivity contribution in [1.29, 1.82) is 0 Å². The molecule has 6 nitrogen and oxygen atoms in total. The summed E-state index contributed by atoms with van der Waals surface area (Å²) in [5, 5.41) is 0. The Labute approximate surface area is 154 Å². The number of ether oxygens (including phenoxy) is 1. The van der Waals surface area contributed by atoms with E-state index in [2.05, 4.69) is 4.18 Å². The Bertz CT molecular complexity index is 969. The molecule has 0 saturated heterocycles. The Kier molecular flexibility index (Phi) is 6.01. The van der Waals surface area contributed by atoms with E-state index >= 15 is 0 Å². The summed E-state index contributed by atoms with van der Waals surface area (Å²) in [6, 6.07) is 9.62. The lowest BCUT2D eigenvalue weighted by Crippen LogP contribution is -2.31. The fraction of sp³-hybridized carbons (Fsp3) is 0.353. The third-order valence-electron chi connectivity index (χ3n) is 3.73. The molecule has 1 unspecified atom stereocenters. The zero-order valence-corrected chi connectivity index (χ0v) is 15.6. The lowest BCUT2D eigenvalue weighted by molar-refractivity contribution is -0.199. The van der Waals surface area contributed by atoms with Crippen LogP contribution in [0.25, 0.3) is 0 Å². The summed E-state index contributed by atoms with van der Waals surface area (Å²) in [5.41, 5.74) is -0.705. The highest BCUT2D eigenvalue weighted by Crippen LogP contribution is 2.40. The Morgan fingerprint density at radius 1 is 1.19 bits per heavy atom. The number of nitrogens with zero attached hydrogens (tertiary/aromatic N) is 1. The van der Waals surface area contributed by atoms with Crippen LogP contribution >= 0.6 is 0 Å². The van der Waals surface area contributed by atoms with Crippen LogP contribution in [0.15, 0.2) is 41.2 Å². The maximum absolute atomic E-state index is 13.6. The lowest BCUT2D eigenvalue weighted by Gasteiger charge is -2.25. The van der Waals surface area contributed by atoms with Crippen LogP contribution < -0.4 is 10.2 Å². The van der Waals surface area contributed by atoms with Gasteiger partial charge in [-0.2, -0.15) is 21.6 Å². The van der Waals surface area contributed by atoms with E-state index in [1.165, 1.54) is 14.0 Å². The van der Waals surface area contributed by atoms with Crippen molar-refractivity contribution < 1.29 is 30.5 Å². The molecular formula is C17H18F3NO5S. The smallest absolute Gasteiger partial charge is 0.421 e. The standard InChI is InChI=1S/C17H18F3NO5S/c1-11-9-13(22)15(25-10-12-7-5-4-6-8-12)14(21(11)2)16(17(18,19)20)26-27(3,23)24/h4-9,16H,10H2,1-3H3. The highest BCUT2D eigenvalue weighted by Gasteiger charge is 2.47. The molecule has 27 heavy (non-hydrogen) atoms. The van der Waals surface area contributed by atoms with Crippen LogP contribution in [0.2, 0.25) is 0 Å². The molecule has 2 rings (SSSR count). The van der Waals surface area contributed by atoms with Crippen LogP contribution in [0.3, 0.4) is 0 Å². The van der Waals surface area contributed by atoms with Crippen molar-refractivity contribution >= 4 is 10.1 Å². The molecule has 1 heterocycles. The first-order valence-electron chi connectivity index (χ1n) is 7.72. The Hall–Kier alpha value is -2.33. The van der Waals surface area contributed by atoms with Crippen molar-refractivity contribution in [2.45, 2.75) is 25.8 Å². The summed E-state index contributed by atoms with van der Waals surface area (Å²) in [6.07, 6.45) is -7.47. The van der Waals surface area contributed by atoms with Crippen molar-refractivity contribution in [2.24, 2.45) is 7.05 Å². The van der Waals surface area contributed by atoms with E-state index in [0.29, 0.717) is 11.8 Å². The molecule has 0 spiro atoms. The predicted molar refractivity (Wildman–Crippen MR) is 91.9 cm³/mol. The van der Waals surface area contributed by atoms with Gasteiger partial charge in [-0.1, -0.05) is 30.3 Å². The van der Waals surface area contributed by atoms with Crippen molar-refractivity contribution in [3.8, 4) is 5.75 Å². The van der Waals surface area contributed by atoms with Crippen LogP contribution in [-0.2, 0) is 28.0 Å². The number of aromatic nitrogens is 1. The molecule has 0 saturated carbocycles. The van der Waals surface area contributed by atoms with Gasteiger partial charge in [0.15, 0.2) is 5.75 Å². The fourth-order valence-electron chi connectivity index (χ4n) is 2.42. The van der Waals surface area contributed by atoms with Gasteiger partial charge in [0.2, 0.25) is 11.5 Å². The second kappa shape index (κ2) is 7.73. The first kappa shape index (κ1) is 21.0. The molecule has 1 aromatic heterocycles. The molecule has 1 aromatic carbocycles. The molecule has 0 aliphatic carbocycles. The summed E-state index contributed by atoms with van der Waals surface area (Å²) in [6.45, 7) is 1.25. The van der Waals surface area contributed by atoms with Crippen molar-refractivity contribution in [1.82, 2.24) is 4.57 Å². The number of aryl methyl sites for hydroxylation is 1. The van der Waals surface area contributed by atoms with Gasteiger partial charge in [-0.25, -0.2) is 0 Å². The van der Waals surface area contributed by atoms with E-state index in [9.17, 15) is 26.4 Å². The minimum absolute atomic E-state index is 0.171. The second-order valence-electron chi connectivity index (χ2n) is 5.92. The first-order chi connectivity index (χ1) is 12.4. The third-order valence-corrected chi connectivity index (χ3v) is 4.27. The maximum atomic E-state index is 13.6. The molecule has 0 aliphatic rings. The van der Waals surface area contributed by atoms with Crippen LogP contribution in [-0.4, -0.2) is 25.4 Å². The summed E-state index contributed by atoms with van der Waals surface area (Å²) in [5.74, 6) is -0.613. The zero-order chi connectivity index (χ0) is 20.4. The van der Waals surface area contributed by atoms with Gasteiger partial charge in [0, 0.05) is 18.8 Å². The van der Waals surface area contributed by atoms with Gasteiger partial charge in [-0.3, -0.25) is 8.98 Å². The van der Waals surface area contributed by atoms with E-state index in [0.717, 1.165) is 10.6 Å². The number of alkyl halides is 3. The number of pyridine rings is 1. The Balaban J connectivity index is 2.59. The minimum Gasteiger partial charge on any atom is -0.483 e. The molecule has 148 valence electrons. The van der Waals surface area contributed by atoms with E-state index in [-0.39, 0.29) is 12.3 Å². The number of benzene rings is 1. The molecule has 0 N–H and O–H groups in total.